The minimum atomic E-state index is 0.422. The first-order valence-corrected chi connectivity index (χ1v) is 11.6. The SMILES string of the molecule is CC1CC=Cc2c1oc1ccc(-c3ccccc3-n3c4ccccc4c4ccccc43)cc21. The molecule has 0 bridgehead atoms. The Bertz CT molecular complexity index is 1660. The summed E-state index contributed by atoms with van der Waals surface area (Å²) < 4.78 is 8.65. The summed E-state index contributed by atoms with van der Waals surface area (Å²) in [5, 5.41) is 3.75. The van der Waals surface area contributed by atoms with E-state index in [1.807, 2.05) is 0 Å². The van der Waals surface area contributed by atoms with E-state index in [1.165, 1.54) is 49.6 Å². The maximum absolute atomic E-state index is 6.25. The van der Waals surface area contributed by atoms with Crippen LogP contribution in [0.1, 0.15) is 30.6 Å². The number of hydrogen-bond donors (Lipinski definition) is 0. The summed E-state index contributed by atoms with van der Waals surface area (Å²) >= 11 is 0. The van der Waals surface area contributed by atoms with E-state index in [-0.39, 0.29) is 0 Å². The fraction of sp³-hybridized carbons (Fsp3) is 0.0968. The van der Waals surface area contributed by atoms with Crippen molar-refractivity contribution in [2.75, 3.05) is 0 Å². The summed E-state index contributed by atoms with van der Waals surface area (Å²) in [7, 11) is 0. The van der Waals surface area contributed by atoms with Gasteiger partial charge in [-0.2, -0.15) is 0 Å². The highest BCUT2D eigenvalue weighted by Crippen LogP contribution is 2.40. The van der Waals surface area contributed by atoms with Crippen LogP contribution in [-0.2, 0) is 0 Å². The van der Waals surface area contributed by atoms with E-state index in [2.05, 4.69) is 115 Å². The van der Waals surface area contributed by atoms with Crippen LogP contribution in [0, 0.1) is 0 Å². The van der Waals surface area contributed by atoms with Gasteiger partial charge in [0.05, 0.1) is 16.7 Å². The molecule has 2 aromatic heterocycles. The van der Waals surface area contributed by atoms with Crippen LogP contribution in [0.25, 0.3) is 55.7 Å². The zero-order valence-corrected chi connectivity index (χ0v) is 18.5. The highest BCUT2D eigenvalue weighted by Gasteiger charge is 2.21. The molecule has 1 unspecified atom stereocenters. The van der Waals surface area contributed by atoms with Gasteiger partial charge in [0.25, 0.3) is 0 Å². The van der Waals surface area contributed by atoms with E-state index in [9.17, 15) is 0 Å². The summed E-state index contributed by atoms with van der Waals surface area (Å²) in [6, 6.07) is 32.7. The maximum Gasteiger partial charge on any atom is 0.134 e. The first kappa shape index (κ1) is 18.5. The van der Waals surface area contributed by atoms with Crippen molar-refractivity contribution in [3.05, 3.63) is 108 Å². The molecule has 0 N–H and O–H groups in total. The lowest BCUT2D eigenvalue weighted by molar-refractivity contribution is 0.504. The molecule has 2 heteroatoms. The van der Waals surface area contributed by atoms with Gasteiger partial charge in [-0.1, -0.05) is 79.7 Å². The first-order chi connectivity index (χ1) is 16.3. The van der Waals surface area contributed by atoms with Crippen molar-refractivity contribution in [2.45, 2.75) is 19.3 Å². The first-order valence-electron chi connectivity index (χ1n) is 11.6. The van der Waals surface area contributed by atoms with Crippen molar-refractivity contribution in [3.63, 3.8) is 0 Å². The lowest BCUT2D eigenvalue weighted by atomic mass is 9.93. The van der Waals surface area contributed by atoms with Gasteiger partial charge in [-0.25, -0.2) is 0 Å². The molecule has 0 saturated carbocycles. The van der Waals surface area contributed by atoms with E-state index < -0.39 is 0 Å². The Kier molecular flexibility index (Phi) is 3.92. The van der Waals surface area contributed by atoms with Crippen molar-refractivity contribution in [1.29, 1.82) is 0 Å². The molecule has 33 heavy (non-hydrogen) atoms. The van der Waals surface area contributed by atoms with Gasteiger partial charge in [-0.15, -0.1) is 0 Å². The molecular weight excluding hydrogens is 402 g/mol. The Hall–Kier alpha value is -4.04. The number of allylic oxidation sites excluding steroid dienone is 1. The summed E-state index contributed by atoms with van der Waals surface area (Å²) in [6.45, 7) is 2.24. The Morgan fingerprint density at radius 3 is 2.24 bits per heavy atom. The van der Waals surface area contributed by atoms with Crippen molar-refractivity contribution >= 4 is 38.9 Å². The van der Waals surface area contributed by atoms with Crippen molar-refractivity contribution in [2.24, 2.45) is 0 Å². The van der Waals surface area contributed by atoms with E-state index in [0.717, 1.165) is 17.8 Å². The Balaban J connectivity index is 1.51. The highest BCUT2D eigenvalue weighted by atomic mass is 16.3. The molecule has 1 aliphatic rings. The molecule has 4 aromatic carbocycles. The molecule has 0 fully saturated rings. The predicted molar refractivity (Wildman–Crippen MR) is 138 cm³/mol. The third-order valence-electron chi connectivity index (χ3n) is 7.01. The standard InChI is InChI=1S/C31H23NO/c1-20-9-8-13-25-26-19-21(17-18-30(26)33-31(20)25)22-10-2-5-14-27(22)32-28-15-6-3-11-23(28)24-12-4-7-16-29(24)32/h2-8,10-20H,9H2,1H3. The van der Waals surface area contributed by atoms with Crippen LogP contribution >= 0.6 is 0 Å². The fourth-order valence-electron chi connectivity index (χ4n) is 5.43. The average Bonchev–Trinajstić information content (AvgIpc) is 3.40. The minimum Gasteiger partial charge on any atom is -0.460 e. The zero-order chi connectivity index (χ0) is 21.9. The maximum atomic E-state index is 6.25. The molecule has 1 aliphatic carbocycles. The topological polar surface area (TPSA) is 18.1 Å². The van der Waals surface area contributed by atoms with Crippen LogP contribution in [0.15, 0.2) is 101 Å². The van der Waals surface area contributed by atoms with E-state index >= 15 is 0 Å². The molecule has 1 atom stereocenters. The van der Waals surface area contributed by atoms with Crippen LogP contribution in [0.2, 0.25) is 0 Å². The summed E-state index contributed by atoms with van der Waals surface area (Å²) in [5.74, 6) is 1.53. The van der Waals surface area contributed by atoms with Gasteiger partial charge in [0.15, 0.2) is 0 Å². The second kappa shape index (κ2) is 6.98. The molecule has 0 saturated heterocycles. The molecule has 7 rings (SSSR count). The summed E-state index contributed by atoms with van der Waals surface area (Å²) in [6.07, 6.45) is 5.53. The summed E-state index contributed by atoms with van der Waals surface area (Å²) in [4.78, 5) is 0. The van der Waals surface area contributed by atoms with Crippen LogP contribution in [0.3, 0.4) is 0 Å². The van der Waals surface area contributed by atoms with Crippen LogP contribution in [0.4, 0.5) is 0 Å². The number of furan rings is 1. The number of nitrogens with zero attached hydrogens (tertiary/aromatic N) is 1. The molecule has 0 spiro atoms. The number of hydrogen-bond acceptors (Lipinski definition) is 1. The molecular formula is C31H23NO. The van der Waals surface area contributed by atoms with Crippen molar-refractivity contribution in [1.82, 2.24) is 4.57 Å². The Labute approximate surface area is 192 Å². The molecule has 0 aliphatic heterocycles. The van der Waals surface area contributed by atoms with Gasteiger partial charge in [0.1, 0.15) is 11.3 Å². The van der Waals surface area contributed by atoms with Gasteiger partial charge in [-0.3, -0.25) is 0 Å². The number of benzene rings is 4. The van der Waals surface area contributed by atoms with E-state index in [4.69, 9.17) is 4.42 Å². The van der Waals surface area contributed by atoms with Crippen LogP contribution in [0.5, 0.6) is 0 Å². The van der Waals surface area contributed by atoms with Crippen molar-refractivity contribution < 1.29 is 4.42 Å². The van der Waals surface area contributed by atoms with Crippen LogP contribution in [-0.4, -0.2) is 4.57 Å². The third-order valence-corrected chi connectivity index (χ3v) is 7.01. The van der Waals surface area contributed by atoms with Crippen molar-refractivity contribution in [3.8, 4) is 16.8 Å². The number of para-hydroxylation sites is 3. The van der Waals surface area contributed by atoms with Gasteiger partial charge in [-0.05, 0) is 42.3 Å². The quantitative estimate of drug-likeness (QED) is 0.271. The van der Waals surface area contributed by atoms with Crippen LogP contribution < -0.4 is 0 Å². The van der Waals surface area contributed by atoms with Gasteiger partial charge in [0, 0.05) is 33.2 Å². The van der Waals surface area contributed by atoms with E-state index in [1.54, 1.807) is 0 Å². The normalized spacial score (nSPS) is 15.5. The largest absolute Gasteiger partial charge is 0.460 e. The molecule has 0 amide bonds. The fourth-order valence-corrected chi connectivity index (χ4v) is 5.43. The minimum absolute atomic E-state index is 0.422. The number of fused-ring (bicyclic) bond motifs is 6. The molecule has 158 valence electrons. The van der Waals surface area contributed by atoms with E-state index in [0.29, 0.717) is 5.92 Å². The second-order valence-electron chi connectivity index (χ2n) is 9.02. The molecule has 2 nitrogen and oxygen atoms in total. The lowest BCUT2D eigenvalue weighted by Gasteiger charge is -2.14. The van der Waals surface area contributed by atoms with Gasteiger partial charge >= 0.3 is 0 Å². The average molecular weight is 426 g/mol. The third kappa shape index (κ3) is 2.67. The Morgan fingerprint density at radius 1 is 0.758 bits per heavy atom. The van der Waals surface area contributed by atoms with Gasteiger partial charge < -0.3 is 8.98 Å². The number of rotatable bonds is 2. The predicted octanol–water partition coefficient (Wildman–Crippen LogP) is 8.72. The smallest absolute Gasteiger partial charge is 0.134 e. The molecule has 2 heterocycles. The zero-order valence-electron chi connectivity index (χ0n) is 18.5. The lowest BCUT2D eigenvalue weighted by Crippen LogP contribution is -1.97. The molecule has 0 radical (unpaired) electrons. The second-order valence-corrected chi connectivity index (χ2v) is 9.02. The molecule has 6 aromatic rings. The summed E-state index contributed by atoms with van der Waals surface area (Å²) in [5.41, 5.74) is 8.27. The monoisotopic (exact) mass is 425 g/mol. The highest BCUT2D eigenvalue weighted by molar-refractivity contribution is 6.09. The number of aromatic nitrogens is 1. The Morgan fingerprint density at radius 2 is 1.45 bits per heavy atom. The van der Waals surface area contributed by atoms with Gasteiger partial charge in [0.2, 0.25) is 0 Å².